The Kier molecular flexibility index (Phi) is 5.45. The molecule has 5 heteroatoms. The summed E-state index contributed by atoms with van der Waals surface area (Å²) < 4.78 is 11.8. The van der Waals surface area contributed by atoms with Crippen LogP contribution >= 0.6 is 0 Å². The minimum atomic E-state index is -1.00. The van der Waals surface area contributed by atoms with Crippen LogP contribution in [0.15, 0.2) is 30.3 Å². The van der Waals surface area contributed by atoms with Gasteiger partial charge >= 0.3 is 11.9 Å². The van der Waals surface area contributed by atoms with Crippen LogP contribution < -0.4 is 9.47 Å². The third-order valence-corrected chi connectivity index (χ3v) is 5.00. The first kappa shape index (κ1) is 19.9. The predicted molar refractivity (Wildman–Crippen MR) is 107 cm³/mol. The fourth-order valence-electron chi connectivity index (χ4n) is 3.69. The highest BCUT2D eigenvalue weighted by molar-refractivity contribution is 5.92. The maximum Gasteiger partial charge on any atom is 0.335 e. The number of carbonyl (C=O) groups excluding carboxylic acids is 1. The minimum absolute atomic E-state index is 0.184. The van der Waals surface area contributed by atoms with Crippen LogP contribution in [0.2, 0.25) is 0 Å². The molecule has 1 N–H and O–H groups in total. The van der Waals surface area contributed by atoms with Crippen molar-refractivity contribution in [3.05, 3.63) is 47.0 Å². The summed E-state index contributed by atoms with van der Waals surface area (Å²) in [5.74, 6) is -0.395. The third kappa shape index (κ3) is 3.88. The second kappa shape index (κ2) is 7.66. The van der Waals surface area contributed by atoms with E-state index in [1.165, 1.54) is 6.92 Å². The maximum absolute atomic E-state index is 11.7. The van der Waals surface area contributed by atoms with Gasteiger partial charge in [-0.25, -0.2) is 4.79 Å². The van der Waals surface area contributed by atoms with Crippen LogP contribution in [0.25, 0.3) is 11.1 Å². The summed E-state index contributed by atoms with van der Waals surface area (Å²) in [7, 11) is 0. The summed E-state index contributed by atoms with van der Waals surface area (Å²) >= 11 is 0. The summed E-state index contributed by atoms with van der Waals surface area (Å²) in [6.45, 7) is 7.41. The van der Waals surface area contributed by atoms with Gasteiger partial charge in [0.2, 0.25) is 0 Å². The third-order valence-electron chi connectivity index (χ3n) is 5.00. The van der Waals surface area contributed by atoms with Crippen molar-refractivity contribution in [3.63, 3.8) is 0 Å². The monoisotopic (exact) mass is 382 g/mol. The van der Waals surface area contributed by atoms with Gasteiger partial charge in [-0.05, 0) is 62.1 Å². The van der Waals surface area contributed by atoms with Crippen molar-refractivity contribution in [2.45, 2.75) is 59.0 Å². The lowest BCUT2D eigenvalue weighted by atomic mass is 9.84. The predicted octanol–water partition coefficient (Wildman–Crippen LogP) is 5.34. The quantitative estimate of drug-likeness (QED) is 0.415. The molecule has 148 valence electrons. The smallest absolute Gasteiger partial charge is 0.335 e. The number of aryl methyl sites for hydroxylation is 1. The Balaban J connectivity index is 2.20. The average Bonchev–Trinajstić information content (AvgIpc) is 2.60. The summed E-state index contributed by atoms with van der Waals surface area (Å²) in [4.78, 5) is 23.2. The summed E-state index contributed by atoms with van der Waals surface area (Å²) in [6, 6.07) is 8.83. The first-order chi connectivity index (χ1) is 13.2. The van der Waals surface area contributed by atoms with Gasteiger partial charge in [-0.3, -0.25) is 4.79 Å². The molecule has 0 radical (unpaired) electrons. The summed E-state index contributed by atoms with van der Waals surface area (Å²) in [6.07, 6.45) is 4.15. The molecule has 1 aliphatic rings. The van der Waals surface area contributed by atoms with Crippen LogP contribution in [-0.4, -0.2) is 17.0 Å². The van der Waals surface area contributed by atoms with Crippen LogP contribution in [0.1, 0.15) is 68.4 Å². The van der Waals surface area contributed by atoms with Gasteiger partial charge in [-0.15, -0.1) is 0 Å². The molecule has 0 aromatic heterocycles. The van der Waals surface area contributed by atoms with Crippen LogP contribution in [0, 0.1) is 0 Å². The van der Waals surface area contributed by atoms with Gasteiger partial charge in [-0.1, -0.05) is 25.8 Å². The number of hydrogen-bond acceptors (Lipinski definition) is 4. The summed E-state index contributed by atoms with van der Waals surface area (Å²) in [5.41, 5.74) is 2.81. The van der Waals surface area contributed by atoms with Gasteiger partial charge in [-0.2, -0.15) is 0 Å². The van der Waals surface area contributed by atoms with Crippen LogP contribution in [0.5, 0.6) is 11.5 Å². The topological polar surface area (TPSA) is 72.8 Å². The molecule has 5 nitrogen and oxygen atoms in total. The maximum atomic E-state index is 11.7. The molecule has 0 atom stereocenters. The zero-order valence-corrected chi connectivity index (χ0v) is 16.8. The molecule has 1 heterocycles. The number of benzene rings is 2. The zero-order valence-electron chi connectivity index (χ0n) is 16.8. The fourth-order valence-corrected chi connectivity index (χ4v) is 3.69. The number of carbonyl (C=O) groups is 2. The first-order valence-corrected chi connectivity index (χ1v) is 9.65. The Morgan fingerprint density at radius 3 is 2.54 bits per heavy atom. The molecule has 0 fully saturated rings. The number of rotatable bonds is 6. The van der Waals surface area contributed by atoms with Gasteiger partial charge in [0.15, 0.2) is 0 Å². The Hall–Kier alpha value is -2.82. The Bertz CT molecular complexity index is 927. The molecular formula is C23H26O5. The van der Waals surface area contributed by atoms with E-state index < -0.39 is 17.5 Å². The Morgan fingerprint density at radius 2 is 1.89 bits per heavy atom. The highest BCUT2D eigenvalue weighted by atomic mass is 16.5. The fraction of sp³-hybridized carbons (Fsp3) is 0.391. The molecule has 1 aliphatic heterocycles. The van der Waals surface area contributed by atoms with Gasteiger partial charge in [0.05, 0.1) is 11.1 Å². The van der Waals surface area contributed by atoms with E-state index in [1.54, 1.807) is 18.2 Å². The molecule has 0 bridgehead atoms. The number of unbranched alkanes of at least 4 members (excludes halogenated alkanes) is 2. The molecule has 0 unspecified atom stereocenters. The molecule has 2 aromatic rings. The number of ether oxygens (including phenoxy) is 2. The van der Waals surface area contributed by atoms with Crippen molar-refractivity contribution in [1.82, 2.24) is 0 Å². The van der Waals surface area contributed by atoms with Crippen LogP contribution in [-0.2, 0) is 16.8 Å². The van der Waals surface area contributed by atoms with Gasteiger partial charge in [0, 0.05) is 12.5 Å². The summed E-state index contributed by atoms with van der Waals surface area (Å²) in [5, 5.41) is 9.43. The minimum Gasteiger partial charge on any atom is -0.482 e. The molecule has 0 aliphatic carbocycles. The van der Waals surface area contributed by atoms with E-state index in [0.29, 0.717) is 17.1 Å². The highest BCUT2D eigenvalue weighted by Gasteiger charge is 2.35. The van der Waals surface area contributed by atoms with Crippen molar-refractivity contribution < 1.29 is 24.2 Å². The lowest BCUT2D eigenvalue weighted by Gasteiger charge is -2.36. The number of carboxylic acid groups (broad SMARTS) is 1. The second-order valence-electron chi connectivity index (χ2n) is 7.70. The highest BCUT2D eigenvalue weighted by Crippen LogP contribution is 2.50. The Morgan fingerprint density at radius 1 is 1.14 bits per heavy atom. The molecule has 2 aromatic carbocycles. The van der Waals surface area contributed by atoms with E-state index >= 15 is 0 Å². The second-order valence-corrected chi connectivity index (χ2v) is 7.70. The number of carboxylic acids is 1. The van der Waals surface area contributed by atoms with Crippen LogP contribution in [0.3, 0.4) is 0 Å². The lowest BCUT2D eigenvalue weighted by molar-refractivity contribution is -0.131. The van der Waals surface area contributed by atoms with E-state index in [2.05, 4.69) is 6.92 Å². The van der Waals surface area contributed by atoms with E-state index in [-0.39, 0.29) is 5.56 Å². The zero-order chi connectivity index (χ0) is 20.5. The van der Waals surface area contributed by atoms with Crippen molar-refractivity contribution in [1.29, 1.82) is 0 Å². The number of aromatic carboxylic acids is 1. The van der Waals surface area contributed by atoms with E-state index in [9.17, 15) is 14.7 Å². The molecular weight excluding hydrogens is 356 g/mol. The number of fused-ring (bicyclic) bond motifs is 3. The molecule has 28 heavy (non-hydrogen) atoms. The largest absolute Gasteiger partial charge is 0.482 e. The lowest BCUT2D eigenvalue weighted by Crippen LogP contribution is -2.30. The van der Waals surface area contributed by atoms with E-state index in [0.717, 1.165) is 42.4 Å². The molecule has 0 spiro atoms. The van der Waals surface area contributed by atoms with Crippen molar-refractivity contribution >= 4 is 11.9 Å². The van der Waals surface area contributed by atoms with Gasteiger partial charge in [0.25, 0.3) is 0 Å². The number of esters is 1. The molecule has 0 saturated carbocycles. The van der Waals surface area contributed by atoms with Gasteiger partial charge < -0.3 is 14.6 Å². The van der Waals surface area contributed by atoms with Gasteiger partial charge in [0.1, 0.15) is 17.1 Å². The molecule has 0 amide bonds. The average molecular weight is 382 g/mol. The van der Waals surface area contributed by atoms with Crippen molar-refractivity contribution in [2.24, 2.45) is 0 Å². The first-order valence-electron chi connectivity index (χ1n) is 9.65. The van der Waals surface area contributed by atoms with Crippen LogP contribution in [0.4, 0.5) is 0 Å². The Labute approximate surface area is 165 Å². The van der Waals surface area contributed by atoms with Crippen molar-refractivity contribution in [2.75, 3.05) is 0 Å². The molecule has 3 rings (SSSR count). The molecule has 0 saturated heterocycles. The SMILES string of the molecule is CCCCCc1cc(OC(C)=O)c2c(c1)OC(C)(C)c1ccc(C(=O)O)cc1-2. The standard InChI is InChI=1S/C23H26O5/c1-5-6-7-8-15-11-19(27-14(2)24)21-17-13-16(22(25)26)9-10-18(17)23(3,4)28-20(21)12-15/h9-13H,5-8H2,1-4H3,(H,25,26). The van der Waals surface area contributed by atoms with Crippen molar-refractivity contribution in [3.8, 4) is 22.6 Å². The van der Waals surface area contributed by atoms with E-state index in [1.807, 2.05) is 26.0 Å². The van der Waals surface area contributed by atoms with E-state index in [4.69, 9.17) is 9.47 Å². The number of hydrogen-bond donors (Lipinski definition) is 1. The normalized spacial score (nSPS) is 13.9.